The molecule has 2 fully saturated rings. The summed E-state index contributed by atoms with van der Waals surface area (Å²) in [6.07, 6.45) is 6.64. The van der Waals surface area contributed by atoms with Gasteiger partial charge in [0.25, 0.3) is 0 Å². The summed E-state index contributed by atoms with van der Waals surface area (Å²) in [5.74, 6) is 1.21. The second-order valence-corrected chi connectivity index (χ2v) is 5.76. The molecule has 0 spiro atoms. The van der Waals surface area contributed by atoms with E-state index in [-0.39, 0.29) is 18.4 Å². The molecule has 0 aromatic heterocycles. The number of rotatable bonds is 7. The minimum atomic E-state index is 0.187. The van der Waals surface area contributed by atoms with Crippen LogP contribution in [-0.2, 0) is 4.79 Å². The number of amides is 1. The maximum absolute atomic E-state index is 12.0. The first-order valence-electron chi connectivity index (χ1n) is 7.40. The van der Waals surface area contributed by atoms with Gasteiger partial charge in [-0.25, -0.2) is 0 Å². The van der Waals surface area contributed by atoms with E-state index >= 15 is 0 Å². The van der Waals surface area contributed by atoms with Crippen molar-refractivity contribution in [3.8, 4) is 0 Å². The summed E-state index contributed by atoms with van der Waals surface area (Å²) in [6.45, 7) is 4.20. The number of carbonyl (C=O) groups excluding carboxylic acids is 1. The molecule has 1 saturated heterocycles. The quantitative estimate of drug-likeness (QED) is 0.666. The normalized spacial score (nSPS) is 25.1. The van der Waals surface area contributed by atoms with Crippen LogP contribution >= 0.6 is 0 Å². The van der Waals surface area contributed by atoms with Gasteiger partial charge in [-0.15, -0.1) is 0 Å². The summed E-state index contributed by atoms with van der Waals surface area (Å²) >= 11 is 0. The smallest absolute Gasteiger partial charge is 0.224 e. The lowest BCUT2D eigenvalue weighted by molar-refractivity contribution is -0.126. The molecule has 2 rings (SSSR count). The lowest BCUT2D eigenvalue weighted by Crippen LogP contribution is -2.43. The van der Waals surface area contributed by atoms with E-state index in [0.29, 0.717) is 0 Å². The van der Waals surface area contributed by atoms with E-state index in [9.17, 15) is 4.79 Å². The number of hydrogen-bond acceptors (Lipinski definition) is 3. The van der Waals surface area contributed by atoms with Crippen LogP contribution in [0.15, 0.2) is 0 Å². The molecule has 0 aromatic carbocycles. The topological polar surface area (TPSA) is 52.6 Å². The summed E-state index contributed by atoms with van der Waals surface area (Å²) in [4.78, 5) is 14.4. The summed E-state index contributed by atoms with van der Waals surface area (Å²) in [6, 6.07) is 0. The molecule has 4 heteroatoms. The number of likely N-dealkylation sites (tertiary alicyclic amines) is 1. The number of nitrogens with one attached hydrogen (secondary N) is 1. The molecule has 1 heterocycles. The SMILES string of the molecule is O=C(NCC1CC1)C1CCCN(CCCCO)C1. The van der Waals surface area contributed by atoms with E-state index in [1.165, 1.54) is 12.8 Å². The standard InChI is InChI=1S/C14H26N2O2/c17-9-2-1-7-16-8-3-4-13(11-16)14(18)15-10-12-5-6-12/h12-13,17H,1-11H2,(H,15,18). The van der Waals surface area contributed by atoms with Crippen LogP contribution in [0.4, 0.5) is 0 Å². The van der Waals surface area contributed by atoms with E-state index in [2.05, 4.69) is 10.2 Å². The molecule has 1 aliphatic carbocycles. The zero-order chi connectivity index (χ0) is 12.8. The van der Waals surface area contributed by atoms with E-state index in [0.717, 1.165) is 57.8 Å². The molecule has 1 saturated carbocycles. The van der Waals surface area contributed by atoms with Crippen LogP contribution < -0.4 is 5.32 Å². The molecule has 0 radical (unpaired) electrons. The summed E-state index contributed by atoms with van der Waals surface area (Å²) < 4.78 is 0. The van der Waals surface area contributed by atoms with E-state index in [1.54, 1.807) is 0 Å². The summed E-state index contributed by atoms with van der Waals surface area (Å²) in [5, 5.41) is 11.9. The van der Waals surface area contributed by atoms with E-state index in [1.807, 2.05) is 0 Å². The minimum absolute atomic E-state index is 0.187. The van der Waals surface area contributed by atoms with Gasteiger partial charge in [0.05, 0.1) is 5.92 Å². The number of aliphatic hydroxyl groups is 1. The zero-order valence-corrected chi connectivity index (χ0v) is 11.2. The largest absolute Gasteiger partial charge is 0.396 e. The third-order valence-corrected chi connectivity index (χ3v) is 4.02. The first-order valence-corrected chi connectivity index (χ1v) is 7.40. The number of aliphatic hydroxyl groups excluding tert-OH is 1. The Labute approximate surface area is 110 Å². The fourth-order valence-electron chi connectivity index (χ4n) is 2.63. The molecule has 0 bridgehead atoms. The van der Waals surface area contributed by atoms with Gasteiger partial charge in [0, 0.05) is 19.7 Å². The number of nitrogens with zero attached hydrogens (tertiary/aromatic N) is 1. The molecule has 1 amide bonds. The van der Waals surface area contributed by atoms with Crippen molar-refractivity contribution in [2.45, 2.75) is 38.5 Å². The molecule has 1 unspecified atom stereocenters. The van der Waals surface area contributed by atoms with Crippen molar-refractivity contribution in [2.24, 2.45) is 11.8 Å². The van der Waals surface area contributed by atoms with Crippen molar-refractivity contribution < 1.29 is 9.90 Å². The third-order valence-electron chi connectivity index (χ3n) is 4.02. The van der Waals surface area contributed by atoms with Gasteiger partial charge in [-0.1, -0.05) is 0 Å². The number of unbranched alkanes of at least 4 members (excludes halogenated alkanes) is 1. The fourth-order valence-corrected chi connectivity index (χ4v) is 2.63. The molecule has 2 aliphatic rings. The van der Waals surface area contributed by atoms with Gasteiger partial charge >= 0.3 is 0 Å². The second kappa shape index (κ2) is 7.10. The highest BCUT2D eigenvalue weighted by molar-refractivity contribution is 5.79. The molecule has 1 atom stereocenters. The van der Waals surface area contributed by atoms with E-state index in [4.69, 9.17) is 5.11 Å². The van der Waals surface area contributed by atoms with Crippen molar-refractivity contribution in [1.29, 1.82) is 0 Å². The lowest BCUT2D eigenvalue weighted by atomic mass is 9.97. The summed E-state index contributed by atoms with van der Waals surface area (Å²) in [5.41, 5.74) is 0. The van der Waals surface area contributed by atoms with Crippen LogP contribution in [0.25, 0.3) is 0 Å². The monoisotopic (exact) mass is 254 g/mol. The zero-order valence-electron chi connectivity index (χ0n) is 11.2. The Balaban J connectivity index is 1.65. The van der Waals surface area contributed by atoms with Gasteiger partial charge in [-0.3, -0.25) is 4.79 Å². The number of piperidine rings is 1. The highest BCUT2D eigenvalue weighted by Crippen LogP contribution is 2.27. The first-order chi connectivity index (χ1) is 8.79. The van der Waals surface area contributed by atoms with Gasteiger partial charge in [0.1, 0.15) is 0 Å². The number of hydrogen-bond donors (Lipinski definition) is 2. The summed E-state index contributed by atoms with van der Waals surface area (Å²) in [7, 11) is 0. The molecular formula is C14H26N2O2. The van der Waals surface area contributed by atoms with Crippen LogP contribution in [0, 0.1) is 11.8 Å². The van der Waals surface area contributed by atoms with E-state index < -0.39 is 0 Å². The Kier molecular flexibility index (Phi) is 5.45. The Morgan fingerprint density at radius 2 is 2.11 bits per heavy atom. The van der Waals surface area contributed by atoms with Crippen molar-refractivity contribution >= 4 is 5.91 Å². The Hall–Kier alpha value is -0.610. The highest BCUT2D eigenvalue weighted by Gasteiger charge is 2.27. The minimum Gasteiger partial charge on any atom is -0.396 e. The average Bonchev–Trinajstić information content (AvgIpc) is 3.21. The molecule has 104 valence electrons. The Bertz CT molecular complexity index is 267. The van der Waals surface area contributed by atoms with Crippen LogP contribution in [-0.4, -0.2) is 48.7 Å². The molecule has 1 aliphatic heterocycles. The van der Waals surface area contributed by atoms with Crippen LogP contribution in [0.1, 0.15) is 38.5 Å². The van der Waals surface area contributed by atoms with Gasteiger partial charge in [0.15, 0.2) is 0 Å². The maximum atomic E-state index is 12.0. The molecule has 18 heavy (non-hydrogen) atoms. The molecule has 0 aromatic rings. The molecule has 2 N–H and O–H groups in total. The Morgan fingerprint density at radius 1 is 1.28 bits per heavy atom. The Morgan fingerprint density at radius 3 is 2.83 bits per heavy atom. The van der Waals surface area contributed by atoms with Crippen molar-refractivity contribution in [3.63, 3.8) is 0 Å². The van der Waals surface area contributed by atoms with Crippen molar-refractivity contribution in [3.05, 3.63) is 0 Å². The van der Waals surface area contributed by atoms with Gasteiger partial charge in [-0.05, 0) is 57.5 Å². The van der Waals surface area contributed by atoms with Crippen LogP contribution in [0.5, 0.6) is 0 Å². The first kappa shape index (κ1) is 13.8. The predicted molar refractivity (Wildman–Crippen MR) is 71.2 cm³/mol. The highest BCUT2D eigenvalue weighted by atomic mass is 16.2. The van der Waals surface area contributed by atoms with Crippen molar-refractivity contribution in [2.75, 3.05) is 32.8 Å². The predicted octanol–water partition coefficient (Wildman–Crippen LogP) is 0.997. The van der Waals surface area contributed by atoms with Gasteiger partial charge < -0.3 is 15.3 Å². The molecule has 4 nitrogen and oxygen atoms in total. The second-order valence-electron chi connectivity index (χ2n) is 5.76. The molecular weight excluding hydrogens is 228 g/mol. The van der Waals surface area contributed by atoms with Crippen LogP contribution in [0.3, 0.4) is 0 Å². The van der Waals surface area contributed by atoms with Crippen molar-refractivity contribution in [1.82, 2.24) is 10.2 Å². The van der Waals surface area contributed by atoms with Gasteiger partial charge in [-0.2, -0.15) is 0 Å². The fraction of sp³-hybridized carbons (Fsp3) is 0.929. The lowest BCUT2D eigenvalue weighted by Gasteiger charge is -2.31. The third kappa shape index (κ3) is 4.58. The average molecular weight is 254 g/mol. The number of carbonyl (C=O) groups is 1. The van der Waals surface area contributed by atoms with Gasteiger partial charge in [0.2, 0.25) is 5.91 Å². The maximum Gasteiger partial charge on any atom is 0.224 e. The van der Waals surface area contributed by atoms with Crippen LogP contribution in [0.2, 0.25) is 0 Å².